The Bertz CT molecular complexity index is 596. The van der Waals surface area contributed by atoms with Crippen LogP contribution in [0.2, 0.25) is 0 Å². The largest absolute Gasteiger partial charge is 0.477 e. The van der Waals surface area contributed by atoms with Gasteiger partial charge >= 0.3 is 5.69 Å². The number of nitro benzene ring substituents is 1. The minimum atomic E-state index is -0.560. The number of aliphatic hydroxyl groups is 1. The summed E-state index contributed by atoms with van der Waals surface area (Å²) >= 11 is 0. The first-order valence-corrected chi connectivity index (χ1v) is 5.40. The lowest BCUT2D eigenvalue weighted by molar-refractivity contribution is -0.386. The van der Waals surface area contributed by atoms with Crippen LogP contribution in [0, 0.1) is 17.0 Å². The van der Waals surface area contributed by atoms with Gasteiger partial charge in [-0.3, -0.25) is 10.1 Å². The molecule has 100 valence electrons. The van der Waals surface area contributed by atoms with Gasteiger partial charge in [0.15, 0.2) is 12.4 Å². The van der Waals surface area contributed by atoms with E-state index in [1.165, 1.54) is 18.2 Å². The van der Waals surface area contributed by atoms with Crippen LogP contribution in [0.3, 0.4) is 0 Å². The van der Waals surface area contributed by atoms with E-state index in [4.69, 9.17) is 14.3 Å². The van der Waals surface area contributed by atoms with Crippen molar-refractivity contribution in [1.29, 1.82) is 0 Å². The molecule has 0 amide bonds. The second kappa shape index (κ2) is 5.44. The molecule has 8 heteroatoms. The van der Waals surface area contributed by atoms with E-state index < -0.39 is 4.92 Å². The van der Waals surface area contributed by atoms with E-state index in [-0.39, 0.29) is 30.5 Å². The monoisotopic (exact) mass is 265 g/mol. The van der Waals surface area contributed by atoms with E-state index in [0.29, 0.717) is 11.5 Å². The van der Waals surface area contributed by atoms with Crippen molar-refractivity contribution in [3.63, 3.8) is 0 Å². The Labute approximate surface area is 107 Å². The molecule has 0 saturated carbocycles. The molecule has 0 aliphatic carbocycles. The number of hydrogen-bond donors (Lipinski definition) is 1. The number of nitrogens with zero attached hydrogens (tertiary/aromatic N) is 3. The lowest BCUT2D eigenvalue weighted by atomic mass is 10.2. The molecule has 19 heavy (non-hydrogen) atoms. The van der Waals surface area contributed by atoms with Gasteiger partial charge in [0, 0.05) is 13.0 Å². The van der Waals surface area contributed by atoms with E-state index >= 15 is 0 Å². The van der Waals surface area contributed by atoms with Crippen molar-refractivity contribution >= 4 is 5.69 Å². The van der Waals surface area contributed by atoms with Crippen LogP contribution in [0.15, 0.2) is 22.6 Å². The molecule has 0 bridgehead atoms. The Morgan fingerprint density at radius 2 is 2.26 bits per heavy atom. The number of benzene rings is 1. The molecule has 0 unspecified atom stereocenters. The van der Waals surface area contributed by atoms with Gasteiger partial charge < -0.3 is 14.3 Å². The van der Waals surface area contributed by atoms with E-state index in [1.807, 2.05) is 0 Å². The van der Waals surface area contributed by atoms with Crippen molar-refractivity contribution < 1.29 is 19.2 Å². The van der Waals surface area contributed by atoms with Crippen molar-refractivity contribution in [2.45, 2.75) is 20.1 Å². The van der Waals surface area contributed by atoms with Crippen LogP contribution in [-0.2, 0) is 13.2 Å². The fraction of sp³-hybridized carbons (Fsp3) is 0.273. The summed E-state index contributed by atoms with van der Waals surface area (Å²) in [6.07, 6.45) is 0. The predicted molar refractivity (Wildman–Crippen MR) is 62.4 cm³/mol. The molecule has 0 radical (unpaired) electrons. The van der Waals surface area contributed by atoms with Gasteiger partial charge in [-0.1, -0.05) is 0 Å². The average Bonchev–Trinajstić information content (AvgIpc) is 2.81. The normalized spacial score (nSPS) is 10.4. The zero-order valence-corrected chi connectivity index (χ0v) is 10.1. The van der Waals surface area contributed by atoms with Crippen LogP contribution in [0.5, 0.6) is 5.75 Å². The molecule has 1 N–H and O–H groups in total. The fourth-order valence-corrected chi connectivity index (χ4v) is 1.46. The highest BCUT2D eigenvalue weighted by Crippen LogP contribution is 2.28. The zero-order chi connectivity index (χ0) is 13.8. The number of rotatable bonds is 5. The van der Waals surface area contributed by atoms with Gasteiger partial charge in [0.05, 0.1) is 11.5 Å². The van der Waals surface area contributed by atoms with Crippen molar-refractivity contribution in [1.82, 2.24) is 10.2 Å². The summed E-state index contributed by atoms with van der Waals surface area (Å²) in [4.78, 5) is 10.3. The Hall–Kier alpha value is -2.48. The SMILES string of the molecule is Cc1nnc(COc2cc(CO)ccc2[N+](=O)[O-])o1. The molecule has 0 atom stereocenters. The Morgan fingerprint density at radius 1 is 1.47 bits per heavy atom. The molecule has 1 aromatic carbocycles. The van der Waals surface area contributed by atoms with Gasteiger partial charge in [-0.2, -0.15) is 0 Å². The number of aliphatic hydroxyl groups excluding tert-OH is 1. The highest BCUT2D eigenvalue weighted by Gasteiger charge is 2.16. The van der Waals surface area contributed by atoms with Gasteiger partial charge in [-0.05, 0) is 17.7 Å². The van der Waals surface area contributed by atoms with Gasteiger partial charge in [0.2, 0.25) is 5.89 Å². The third-order valence-electron chi connectivity index (χ3n) is 2.32. The highest BCUT2D eigenvalue weighted by atomic mass is 16.6. The van der Waals surface area contributed by atoms with Crippen molar-refractivity contribution in [3.8, 4) is 5.75 Å². The summed E-state index contributed by atoms with van der Waals surface area (Å²) in [5.41, 5.74) is 0.329. The van der Waals surface area contributed by atoms with E-state index in [0.717, 1.165) is 0 Å². The maximum Gasteiger partial charge on any atom is 0.310 e. The smallest absolute Gasteiger partial charge is 0.310 e. The maximum absolute atomic E-state index is 10.8. The molecule has 0 saturated heterocycles. The number of nitro groups is 1. The molecule has 1 aromatic heterocycles. The van der Waals surface area contributed by atoms with Crippen LogP contribution in [-0.4, -0.2) is 20.2 Å². The van der Waals surface area contributed by atoms with E-state index in [9.17, 15) is 10.1 Å². The summed E-state index contributed by atoms with van der Waals surface area (Å²) in [6, 6.07) is 4.14. The molecule has 2 aromatic rings. The van der Waals surface area contributed by atoms with Crippen molar-refractivity contribution in [2.75, 3.05) is 0 Å². The molecular formula is C11H11N3O5. The molecule has 0 fully saturated rings. The number of aromatic nitrogens is 2. The maximum atomic E-state index is 10.8. The van der Waals surface area contributed by atoms with Crippen LogP contribution in [0.4, 0.5) is 5.69 Å². The fourth-order valence-electron chi connectivity index (χ4n) is 1.46. The van der Waals surface area contributed by atoms with E-state index in [2.05, 4.69) is 10.2 Å². The van der Waals surface area contributed by atoms with Gasteiger partial charge in [-0.15, -0.1) is 10.2 Å². The van der Waals surface area contributed by atoms with E-state index in [1.54, 1.807) is 6.92 Å². The molecule has 0 aliphatic heterocycles. The quantitative estimate of drug-likeness (QED) is 0.641. The average molecular weight is 265 g/mol. The lowest BCUT2D eigenvalue weighted by Crippen LogP contribution is -2.00. The Morgan fingerprint density at radius 3 is 2.84 bits per heavy atom. The molecule has 0 aliphatic rings. The molecule has 8 nitrogen and oxygen atoms in total. The third-order valence-corrected chi connectivity index (χ3v) is 2.32. The van der Waals surface area contributed by atoms with Crippen LogP contribution < -0.4 is 4.74 Å². The molecule has 0 spiro atoms. The minimum Gasteiger partial charge on any atom is -0.477 e. The molecule has 1 heterocycles. The summed E-state index contributed by atoms with van der Waals surface area (Å²) in [5, 5.41) is 27.2. The minimum absolute atomic E-state index is 0.0485. The summed E-state index contributed by atoms with van der Waals surface area (Å²) in [5.74, 6) is 0.658. The van der Waals surface area contributed by atoms with Gasteiger partial charge in [-0.25, -0.2) is 0 Å². The Kier molecular flexibility index (Phi) is 3.71. The molecular weight excluding hydrogens is 254 g/mol. The second-order valence-corrected chi connectivity index (χ2v) is 3.72. The predicted octanol–water partition coefficient (Wildman–Crippen LogP) is 1.36. The third kappa shape index (κ3) is 3.05. The van der Waals surface area contributed by atoms with Crippen LogP contribution in [0.1, 0.15) is 17.3 Å². The number of ether oxygens (including phenoxy) is 1. The van der Waals surface area contributed by atoms with Crippen molar-refractivity contribution in [3.05, 3.63) is 45.7 Å². The summed E-state index contributed by atoms with van der Waals surface area (Å²) in [7, 11) is 0. The van der Waals surface area contributed by atoms with Crippen molar-refractivity contribution in [2.24, 2.45) is 0 Å². The Balaban J connectivity index is 2.19. The summed E-state index contributed by atoms with van der Waals surface area (Å²) in [6.45, 7) is 1.33. The van der Waals surface area contributed by atoms with Crippen LogP contribution >= 0.6 is 0 Å². The zero-order valence-electron chi connectivity index (χ0n) is 10.1. The first kappa shape index (κ1) is 13.0. The summed E-state index contributed by atoms with van der Waals surface area (Å²) < 4.78 is 10.4. The number of aryl methyl sites for hydroxylation is 1. The molecule has 2 rings (SSSR count). The van der Waals surface area contributed by atoms with Gasteiger partial charge in [0.1, 0.15) is 0 Å². The first-order valence-electron chi connectivity index (χ1n) is 5.40. The van der Waals surface area contributed by atoms with Crippen LogP contribution in [0.25, 0.3) is 0 Å². The van der Waals surface area contributed by atoms with Gasteiger partial charge in [0.25, 0.3) is 5.89 Å². The first-order chi connectivity index (χ1) is 9.10. The topological polar surface area (TPSA) is 112 Å². The highest BCUT2D eigenvalue weighted by molar-refractivity contribution is 5.48. The lowest BCUT2D eigenvalue weighted by Gasteiger charge is -2.05. The standard InChI is InChI=1S/C11H11N3O5/c1-7-12-13-11(19-7)6-18-10-4-8(5-15)2-3-9(10)14(16)17/h2-4,15H,5-6H2,1H3. The second-order valence-electron chi connectivity index (χ2n) is 3.72. The number of hydrogen-bond acceptors (Lipinski definition) is 7.